The molecular formula is C18H17N3OS. The highest BCUT2D eigenvalue weighted by Gasteiger charge is 2.22. The van der Waals surface area contributed by atoms with Crippen molar-refractivity contribution in [1.29, 1.82) is 0 Å². The number of hydrogen-bond donors (Lipinski definition) is 1. The quantitative estimate of drug-likeness (QED) is 0.749. The number of para-hydroxylation sites is 3. The summed E-state index contributed by atoms with van der Waals surface area (Å²) in [7, 11) is 0. The van der Waals surface area contributed by atoms with Gasteiger partial charge in [-0.25, -0.2) is 4.98 Å². The van der Waals surface area contributed by atoms with Gasteiger partial charge in [0, 0.05) is 12.2 Å². The van der Waals surface area contributed by atoms with Crippen molar-refractivity contribution in [3.05, 3.63) is 54.1 Å². The number of hydrogen-bond acceptors (Lipinski definition) is 3. The average molecular weight is 323 g/mol. The number of aromatic amines is 1. The van der Waals surface area contributed by atoms with Crippen molar-refractivity contribution in [3.63, 3.8) is 0 Å². The van der Waals surface area contributed by atoms with Crippen molar-refractivity contribution in [2.75, 3.05) is 17.2 Å². The number of H-pyrrole nitrogens is 1. The number of aromatic nitrogens is 2. The summed E-state index contributed by atoms with van der Waals surface area (Å²) in [6.07, 6.45) is 2.08. The summed E-state index contributed by atoms with van der Waals surface area (Å²) >= 11 is 1.46. The molecule has 1 aliphatic heterocycles. The largest absolute Gasteiger partial charge is 0.333 e. The van der Waals surface area contributed by atoms with Gasteiger partial charge in [0.1, 0.15) is 0 Å². The molecule has 3 aromatic rings. The lowest BCUT2D eigenvalue weighted by atomic mass is 10.0. The molecule has 0 spiro atoms. The van der Waals surface area contributed by atoms with Gasteiger partial charge in [-0.15, -0.1) is 0 Å². The third kappa shape index (κ3) is 2.84. The van der Waals surface area contributed by atoms with Gasteiger partial charge in [0.15, 0.2) is 5.16 Å². The summed E-state index contributed by atoms with van der Waals surface area (Å²) in [5.74, 6) is 0.538. The van der Waals surface area contributed by atoms with E-state index in [9.17, 15) is 4.79 Å². The van der Waals surface area contributed by atoms with E-state index in [-0.39, 0.29) is 5.91 Å². The van der Waals surface area contributed by atoms with Crippen molar-refractivity contribution in [3.8, 4) is 0 Å². The van der Waals surface area contributed by atoms with Crippen molar-refractivity contribution < 1.29 is 4.79 Å². The van der Waals surface area contributed by atoms with Crippen LogP contribution >= 0.6 is 11.8 Å². The number of carbonyl (C=O) groups excluding carboxylic acids is 1. The Balaban J connectivity index is 1.48. The molecule has 4 nitrogen and oxygen atoms in total. The van der Waals surface area contributed by atoms with Crippen LogP contribution in [0.1, 0.15) is 12.0 Å². The van der Waals surface area contributed by atoms with Crippen LogP contribution in [0.4, 0.5) is 5.69 Å². The van der Waals surface area contributed by atoms with Gasteiger partial charge in [0.2, 0.25) is 5.91 Å². The zero-order valence-corrected chi connectivity index (χ0v) is 13.5. The highest BCUT2D eigenvalue weighted by atomic mass is 32.2. The number of nitrogens with zero attached hydrogens (tertiary/aromatic N) is 2. The number of anilines is 1. The van der Waals surface area contributed by atoms with E-state index in [1.54, 1.807) is 0 Å². The van der Waals surface area contributed by atoms with Gasteiger partial charge in [-0.05, 0) is 36.6 Å². The standard InChI is InChI=1S/C18H17N3OS/c22-17(21-11-5-7-13-6-1-4-10-16(13)21)12-23-18-19-14-8-2-3-9-15(14)20-18/h1-4,6,8-10H,5,7,11-12H2,(H,19,20). The lowest BCUT2D eigenvalue weighted by molar-refractivity contribution is -0.116. The normalized spacial score (nSPS) is 14.0. The van der Waals surface area contributed by atoms with Gasteiger partial charge in [-0.1, -0.05) is 42.1 Å². The Bertz CT molecular complexity index is 825. The topological polar surface area (TPSA) is 49.0 Å². The number of aryl methyl sites for hydroxylation is 1. The van der Waals surface area contributed by atoms with Crippen LogP contribution in [0.15, 0.2) is 53.7 Å². The molecule has 0 radical (unpaired) electrons. The number of benzene rings is 2. The first-order valence-corrected chi connectivity index (χ1v) is 8.75. The summed E-state index contributed by atoms with van der Waals surface area (Å²) in [6.45, 7) is 0.802. The molecule has 0 bridgehead atoms. The highest BCUT2D eigenvalue weighted by molar-refractivity contribution is 7.99. The van der Waals surface area contributed by atoms with Crippen LogP contribution in [-0.4, -0.2) is 28.2 Å². The maximum Gasteiger partial charge on any atom is 0.237 e. The van der Waals surface area contributed by atoms with Gasteiger partial charge in [0.05, 0.1) is 16.8 Å². The molecule has 116 valence electrons. The molecule has 1 aliphatic rings. The Morgan fingerprint density at radius 3 is 2.91 bits per heavy atom. The zero-order valence-electron chi connectivity index (χ0n) is 12.7. The monoisotopic (exact) mass is 323 g/mol. The molecule has 4 rings (SSSR count). The third-order valence-corrected chi connectivity index (χ3v) is 4.97. The van der Waals surface area contributed by atoms with Gasteiger partial charge in [0.25, 0.3) is 0 Å². The second kappa shape index (κ2) is 6.08. The van der Waals surface area contributed by atoms with Gasteiger partial charge in [-0.3, -0.25) is 4.79 Å². The Morgan fingerprint density at radius 2 is 2.00 bits per heavy atom. The van der Waals surface area contributed by atoms with E-state index < -0.39 is 0 Å². The van der Waals surface area contributed by atoms with Crippen LogP contribution < -0.4 is 4.90 Å². The second-order valence-corrected chi connectivity index (χ2v) is 6.59. The smallest absolute Gasteiger partial charge is 0.237 e. The first-order chi connectivity index (χ1) is 11.3. The average Bonchev–Trinajstić information content (AvgIpc) is 3.02. The predicted octanol–water partition coefficient (Wildman–Crippen LogP) is 3.63. The molecule has 1 amide bonds. The molecule has 2 aromatic carbocycles. The zero-order chi connectivity index (χ0) is 15.6. The molecule has 2 heterocycles. The molecule has 0 saturated heterocycles. The number of imidazole rings is 1. The van der Waals surface area contributed by atoms with Crippen LogP contribution in [-0.2, 0) is 11.2 Å². The summed E-state index contributed by atoms with van der Waals surface area (Å²) < 4.78 is 0. The fraction of sp³-hybridized carbons (Fsp3) is 0.222. The van der Waals surface area contributed by atoms with Gasteiger partial charge < -0.3 is 9.88 Å². The molecular weight excluding hydrogens is 306 g/mol. The minimum atomic E-state index is 0.141. The molecule has 0 unspecified atom stereocenters. The van der Waals surface area contributed by atoms with Crippen LogP contribution in [0.25, 0.3) is 11.0 Å². The van der Waals surface area contributed by atoms with Crippen LogP contribution in [0.3, 0.4) is 0 Å². The summed E-state index contributed by atoms with van der Waals surface area (Å²) in [4.78, 5) is 22.3. The van der Waals surface area contributed by atoms with E-state index in [0.29, 0.717) is 5.75 Å². The predicted molar refractivity (Wildman–Crippen MR) is 93.9 cm³/mol. The maximum atomic E-state index is 12.6. The van der Waals surface area contributed by atoms with Gasteiger partial charge in [-0.2, -0.15) is 0 Å². The third-order valence-electron chi connectivity index (χ3n) is 4.11. The number of nitrogens with one attached hydrogen (secondary N) is 1. The van der Waals surface area contributed by atoms with E-state index in [4.69, 9.17) is 0 Å². The first-order valence-electron chi connectivity index (χ1n) is 7.77. The van der Waals surface area contributed by atoms with Crippen LogP contribution in [0.5, 0.6) is 0 Å². The molecule has 1 aromatic heterocycles. The SMILES string of the molecule is O=C(CSc1nc2ccccc2[nH]1)N1CCCc2ccccc21. The van der Waals surface area contributed by atoms with Crippen molar-refractivity contribution in [2.24, 2.45) is 0 Å². The molecule has 0 saturated carbocycles. The number of rotatable bonds is 3. The molecule has 0 atom stereocenters. The number of thioether (sulfide) groups is 1. The molecule has 0 aliphatic carbocycles. The Morgan fingerprint density at radius 1 is 1.17 bits per heavy atom. The molecule has 1 N–H and O–H groups in total. The van der Waals surface area contributed by atoms with E-state index in [1.807, 2.05) is 47.4 Å². The molecule has 0 fully saturated rings. The summed E-state index contributed by atoms with van der Waals surface area (Å²) in [6, 6.07) is 16.1. The van der Waals surface area contributed by atoms with Crippen LogP contribution in [0.2, 0.25) is 0 Å². The van der Waals surface area contributed by atoms with Crippen molar-refractivity contribution >= 4 is 34.4 Å². The van der Waals surface area contributed by atoms with E-state index in [1.165, 1.54) is 17.3 Å². The van der Waals surface area contributed by atoms with Crippen LogP contribution in [0, 0.1) is 0 Å². The molecule has 5 heteroatoms. The van der Waals surface area contributed by atoms with Crippen molar-refractivity contribution in [1.82, 2.24) is 9.97 Å². The Kier molecular flexibility index (Phi) is 3.79. The maximum absolute atomic E-state index is 12.6. The van der Waals surface area contributed by atoms with Crippen molar-refractivity contribution in [2.45, 2.75) is 18.0 Å². The minimum absolute atomic E-state index is 0.141. The minimum Gasteiger partial charge on any atom is -0.333 e. The van der Waals surface area contributed by atoms with E-state index in [2.05, 4.69) is 16.0 Å². The Labute approximate surface area is 138 Å². The van der Waals surface area contributed by atoms with E-state index >= 15 is 0 Å². The fourth-order valence-electron chi connectivity index (χ4n) is 3.00. The summed E-state index contributed by atoms with van der Waals surface area (Å²) in [5, 5.41) is 0.796. The first kappa shape index (κ1) is 14.3. The second-order valence-electron chi connectivity index (χ2n) is 5.63. The lowest BCUT2D eigenvalue weighted by Crippen LogP contribution is -2.36. The van der Waals surface area contributed by atoms with Gasteiger partial charge >= 0.3 is 0 Å². The molecule has 23 heavy (non-hydrogen) atoms. The lowest BCUT2D eigenvalue weighted by Gasteiger charge is -2.29. The number of fused-ring (bicyclic) bond motifs is 2. The summed E-state index contributed by atoms with van der Waals surface area (Å²) in [5.41, 5.74) is 4.27. The van der Waals surface area contributed by atoms with E-state index in [0.717, 1.165) is 41.3 Å². The number of carbonyl (C=O) groups is 1. The Hall–Kier alpha value is -2.27. The fourth-order valence-corrected chi connectivity index (χ4v) is 3.76. The highest BCUT2D eigenvalue weighted by Crippen LogP contribution is 2.28. The number of amides is 1.